The molecule has 0 N–H and O–H groups in total. The van der Waals surface area contributed by atoms with E-state index in [2.05, 4.69) is 216 Å². The van der Waals surface area contributed by atoms with Crippen molar-refractivity contribution in [1.82, 2.24) is 0 Å². The van der Waals surface area contributed by atoms with E-state index in [4.69, 9.17) is 0 Å². The molecule has 8 rings (SSSR count). The molecule has 0 unspecified atom stereocenters. The van der Waals surface area contributed by atoms with Gasteiger partial charge in [0.05, 0.1) is 34.8 Å². The van der Waals surface area contributed by atoms with Gasteiger partial charge in [0, 0.05) is 38.6 Å². The largest absolute Gasteiger partial charge is 0.114 e. The fraction of sp³-hybridized carbons (Fsp3) is 0.226. The maximum absolute atomic E-state index is 4.16. The molecule has 0 saturated heterocycles. The van der Waals surface area contributed by atoms with Gasteiger partial charge in [-0.1, -0.05) is 214 Å². The number of aryl methyl sites for hydroxylation is 2. The second-order valence-electron chi connectivity index (χ2n) is 17.6. The monoisotopic (exact) mass is 842 g/mol. The van der Waals surface area contributed by atoms with E-state index in [0.717, 1.165) is 19.7 Å². The first-order valence-corrected chi connectivity index (χ1v) is 20.9. The average Bonchev–Trinajstić information content (AvgIpc) is 3.11. The lowest BCUT2D eigenvalue weighted by Gasteiger charge is -2.38. The van der Waals surface area contributed by atoms with Crippen molar-refractivity contribution < 1.29 is 0 Å². The van der Waals surface area contributed by atoms with Crippen molar-refractivity contribution in [1.29, 1.82) is 0 Å². The molecule has 0 fully saturated rings. The number of rotatable bonds is 1. The highest BCUT2D eigenvalue weighted by molar-refractivity contribution is 9.10. The molecule has 2 heteroatoms. The Balaban J connectivity index is 1.53. The Kier molecular flexibility index (Phi) is 9.28. The summed E-state index contributed by atoms with van der Waals surface area (Å²) in [6.07, 6.45) is 4.79. The minimum absolute atomic E-state index is 0.0655. The molecule has 0 amide bonds. The quantitative estimate of drug-likeness (QED) is 0.114. The minimum atomic E-state index is 0.0655. The average molecular weight is 845 g/mol. The number of hydrogen-bond acceptors (Lipinski definition) is 0. The van der Waals surface area contributed by atoms with Gasteiger partial charge in [0.2, 0.25) is 0 Å². The molecule has 0 radical (unpaired) electrons. The van der Waals surface area contributed by atoms with Crippen LogP contribution in [0.2, 0.25) is 0 Å². The third kappa shape index (κ3) is 6.47. The molecule has 0 heterocycles. The molecule has 0 saturated carbocycles. The zero-order chi connectivity index (χ0) is 39.1. The highest BCUT2D eigenvalue weighted by Gasteiger charge is 2.33. The SMILES string of the molecule is CC1=C[C+](C(C)(C)C)C=C(C)C1=c1c2ccccc2c(=C=C2c3cc(Br)ccc3[C-](c3c(C)cc(C(C)(C)C)cc3C)c3ccc(Br)cc32)c2ccccc12. The molecule has 6 aromatic carbocycles. The van der Waals surface area contributed by atoms with Gasteiger partial charge in [-0.2, -0.15) is 0 Å². The number of fused-ring (bicyclic) bond motifs is 4. The third-order valence-electron chi connectivity index (χ3n) is 11.5. The van der Waals surface area contributed by atoms with Gasteiger partial charge in [0.25, 0.3) is 0 Å². The first kappa shape index (κ1) is 37.5. The molecule has 0 atom stereocenters. The summed E-state index contributed by atoms with van der Waals surface area (Å²) in [7, 11) is 0. The normalized spacial score (nSPS) is 14.5. The Labute approximate surface area is 344 Å². The van der Waals surface area contributed by atoms with Crippen molar-refractivity contribution in [2.24, 2.45) is 5.41 Å². The van der Waals surface area contributed by atoms with Crippen LogP contribution in [0.15, 0.2) is 129 Å². The maximum atomic E-state index is 4.16. The summed E-state index contributed by atoms with van der Waals surface area (Å²) in [6, 6.07) is 36.2. The van der Waals surface area contributed by atoms with Gasteiger partial charge in [-0.05, 0) is 53.3 Å². The Bertz CT molecular complexity index is 2660. The van der Waals surface area contributed by atoms with Crippen LogP contribution in [-0.2, 0) is 5.41 Å². The third-order valence-corrected chi connectivity index (χ3v) is 12.5. The van der Waals surface area contributed by atoms with Crippen LogP contribution in [0, 0.1) is 31.1 Å². The molecule has 274 valence electrons. The summed E-state index contributed by atoms with van der Waals surface area (Å²) in [4.78, 5) is 0. The van der Waals surface area contributed by atoms with Crippen molar-refractivity contribution in [3.05, 3.63) is 196 Å². The van der Waals surface area contributed by atoms with Crippen LogP contribution in [0.4, 0.5) is 0 Å². The van der Waals surface area contributed by atoms with Crippen LogP contribution in [0.5, 0.6) is 0 Å². The minimum Gasteiger partial charge on any atom is -0.114 e. The Morgan fingerprint density at radius 3 is 1.47 bits per heavy atom. The molecule has 2 aliphatic rings. The van der Waals surface area contributed by atoms with Crippen molar-refractivity contribution in [2.45, 2.75) is 74.7 Å². The molecule has 0 aromatic heterocycles. The van der Waals surface area contributed by atoms with Crippen LogP contribution in [0.25, 0.3) is 38.4 Å². The van der Waals surface area contributed by atoms with E-state index in [9.17, 15) is 0 Å². The number of halogens is 2. The van der Waals surface area contributed by atoms with Gasteiger partial charge in [-0.3, -0.25) is 0 Å². The van der Waals surface area contributed by atoms with Crippen LogP contribution >= 0.6 is 31.9 Å². The summed E-state index contributed by atoms with van der Waals surface area (Å²) in [5.74, 6) is 2.65. The highest BCUT2D eigenvalue weighted by Crippen LogP contribution is 2.48. The lowest BCUT2D eigenvalue weighted by molar-refractivity contribution is 0.472. The van der Waals surface area contributed by atoms with Crippen molar-refractivity contribution in [2.75, 3.05) is 0 Å². The smallest absolute Gasteiger partial charge is 0.0976 e. The molecule has 0 spiro atoms. The Hall–Kier alpha value is -4.46. The van der Waals surface area contributed by atoms with Crippen LogP contribution in [0.3, 0.4) is 0 Å². The maximum Gasteiger partial charge on any atom is 0.0976 e. The molecule has 0 bridgehead atoms. The zero-order valence-electron chi connectivity index (χ0n) is 33.6. The standard InChI is InChI=1S/C53H48Br2/c1-30-23-34(52(5,6)7)24-31(2)48(30)50-40-17-13-11-15-38(40)46(39-16-12-14-18-41(39)50)29-47-44-27-36(54)19-21-42(44)51(43-22-20-37(55)28-45(43)47)49-32(3)25-35(26-33(49)4)53(8,9)10/h11-28H,1-10H3. The molecule has 0 aliphatic heterocycles. The Morgan fingerprint density at radius 2 is 1.04 bits per heavy atom. The van der Waals surface area contributed by atoms with Crippen molar-refractivity contribution in [3.63, 3.8) is 0 Å². The summed E-state index contributed by atoms with van der Waals surface area (Å²) in [5.41, 5.74) is 19.4. The Morgan fingerprint density at radius 1 is 0.582 bits per heavy atom. The summed E-state index contributed by atoms with van der Waals surface area (Å²) in [6.45, 7) is 22.9. The number of hydrogen-bond donors (Lipinski definition) is 0. The highest BCUT2D eigenvalue weighted by atomic mass is 79.9. The van der Waals surface area contributed by atoms with Crippen LogP contribution in [0.1, 0.15) is 99.9 Å². The predicted molar refractivity (Wildman–Crippen MR) is 244 cm³/mol. The molecular weight excluding hydrogens is 796 g/mol. The molecular formula is C53H48Br2. The molecule has 0 nitrogen and oxygen atoms in total. The fourth-order valence-electron chi connectivity index (χ4n) is 8.82. The lowest BCUT2D eigenvalue weighted by Crippen LogP contribution is -2.22. The fourth-order valence-corrected chi connectivity index (χ4v) is 9.54. The molecule has 6 aromatic rings. The van der Waals surface area contributed by atoms with Gasteiger partial charge >= 0.3 is 0 Å². The summed E-state index contributed by atoms with van der Waals surface area (Å²) < 4.78 is 2.10. The van der Waals surface area contributed by atoms with E-state index < -0.39 is 0 Å². The van der Waals surface area contributed by atoms with Crippen molar-refractivity contribution in [3.8, 4) is 0 Å². The van der Waals surface area contributed by atoms with Gasteiger partial charge in [-0.25, -0.2) is 0 Å². The van der Waals surface area contributed by atoms with Gasteiger partial charge in [0.15, 0.2) is 0 Å². The first-order chi connectivity index (χ1) is 26.0. The van der Waals surface area contributed by atoms with Gasteiger partial charge < -0.3 is 0 Å². The van der Waals surface area contributed by atoms with E-state index in [1.165, 1.54) is 99.8 Å². The second-order valence-corrected chi connectivity index (χ2v) is 19.4. The van der Waals surface area contributed by atoms with E-state index in [1.54, 1.807) is 0 Å². The van der Waals surface area contributed by atoms with Gasteiger partial charge in [0.1, 0.15) is 0 Å². The van der Waals surface area contributed by atoms with E-state index in [1.807, 2.05) is 0 Å². The van der Waals surface area contributed by atoms with Crippen LogP contribution < -0.4 is 10.4 Å². The van der Waals surface area contributed by atoms with E-state index >= 15 is 0 Å². The van der Waals surface area contributed by atoms with Crippen molar-refractivity contribution >= 4 is 70.3 Å². The lowest BCUT2D eigenvalue weighted by atomic mass is 9.70. The summed E-state index contributed by atoms with van der Waals surface area (Å²) >= 11 is 7.76. The topological polar surface area (TPSA) is 0 Å². The number of allylic oxidation sites excluding steroid dienone is 4. The van der Waals surface area contributed by atoms with Gasteiger partial charge in [-0.15, -0.1) is 5.73 Å². The first-order valence-electron chi connectivity index (χ1n) is 19.3. The van der Waals surface area contributed by atoms with Crippen LogP contribution in [-0.4, -0.2) is 0 Å². The zero-order valence-corrected chi connectivity index (χ0v) is 36.8. The van der Waals surface area contributed by atoms with E-state index in [0.29, 0.717) is 0 Å². The molecule has 2 aliphatic carbocycles. The summed E-state index contributed by atoms with van der Waals surface area (Å²) in [5, 5.41) is 7.32. The molecule has 55 heavy (non-hydrogen) atoms. The second kappa shape index (κ2) is 13.6. The number of benzene rings is 6. The predicted octanol–water partition coefficient (Wildman–Crippen LogP) is 14.0. The van der Waals surface area contributed by atoms with E-state index in [-0.39, 0.29) is 10.8 Å².